The fourth-order valence-corrected chi connectivity index (χ4v) is 1.91. The minimum absolute atomic E-state index is 0.0173. The molecule has 0 atom stereocenters. The molecule has 0 aromatic heterocycles. The normalized spacial score (nSPS) is 10.4. The molecular weight excluding hydrogens is 258 g/mol. The van der Waals surface area contributed by atoms with Gasteiger partial charge in [0.1, 0.15) is 11.6 Å². The lowest BCUT2D eigenvalue weighted by Crippen LogP contribution is -2.05. The summed E-state index contributed by atoms with van der Waals surface area (Å²) in [7, 11) is 0. The number of halogens is 3. The summed E-state index contributed by atoms with van der Waals surface area (Å²) in [6, 6.07) is 7.44. The molecule has 0 radical (unpaired) electrons. The van der Waals surface area contributed by atoms with Gasteiger partial charge in [0.05, 0.1) is 5.02 Å². The molecule has 4 heteroatoms. The average Bonchev–Trinajstić information content (AvgIpc) is 2.31. The van der Waals surface area contributed by atoms with Gasteiger partial charge < -0.3 is 0 Å². The van der Waals surface area contributed by atoms with Crippen LogP contribution in [-0.2, 0) is 0 Å². The molecule has 0 saturated carbocycles. The standard InChI is InChI=1S/C14H9ClF2O/c1-8-2-3-9(16)6-12(8)14(18)11-5-4-10(17)7-13(11)15/h2-7H,1H3. The summed E-state index contributed by atoms with van der Waals surface area (Å²) in [4.78, 5) is 12.2. The number of hydrogen-bond donors (Lipinski definition) is 0. The molecule has 0 bridgehead atoms. The Kier molecular flexibility index (Phi) is 3.43. The second kappa shape index (κ2) is 4.86. The number of benzene rings is 2. The summed E-state index contributed by atoms with van der Waals surface area (Å²) < 4.78 is 26.0. The minimum Gasteiger partial charge on any atom is -0.289 e. The van der Waals surface area contributed by atoms with Crippen molar-refractivity contribution in [2.45, 2.75) is 6.92 Å². The van der Waals surface area contributed by atoms with E-state index in [0.29, 0.717) is 5.56 Å². The molecular formula is C14H9ClF2O. The van der Waals surface area contributed by atoms with E-state index in [4.69, 9.17) is 11.6 Å². The van der Waals surface area contributed by atoms with E-state index in [2.05, 4.69) is 0 Å². The molecule has 2 rings (SSSR count). The molecule has 0 N–H and O–H groups in total. The van der Waals surface area contributed by atoms with E-state index in [1.54, 1.807) is 6.92 Å². The molecule has 92 valence electrons. The van der Waals surface area contributed by atoms with Crippen LogP contribution < -0.4 is 0 Å². The topological polar surface area (TPSA) is 17.1 Å². The van der Waals surface area contributed by atoms with Crippen molar-refractivity contribution in [3.05, 3.63) is 69.7 Å². The monoisotopic (exact) mass is 266 g/mol. The maximum absolute atomic E-state index is 13.1. The Labute approximate surface area is 108 Å². The molecule has 0 unspecified atom stereocenters. The van der Waals surface area contributed by atoms with Crippen molar-refractivity contribution in [1.82, 2.24) is 0 Å². The summed E-state index contributed by atoms with van der Waals surface area (Å²) in [5.41, 5.74) is 1.03. The van der Waals surface area contributed by atoms with Crippen LogP contribution in [0.1, 0.15) is 21.5 Å². The molecule has 0 spiro atoms. The summed E-state index contributed by atoms with van der Waals surface area (Å²) in [5, 5.41) is 0.0173. The van der Waals surface area contributed by atoms with E-state index in [9.17, 15) is 13.6 Å². The lowest BCUT2D eigenvalue weighted by Gasteiger charge is -2.07. The van der Waals surface area contributed by atoms with Crippen LogP contribution in [0, 0.1) is 18.6 Å². The van der Waals surface area contributed by atoms with Gasteiger partial charge in [-0.1, -0.05) is 17.7 Å². The Morgan fingerprint density at radius 1 is 1.00 bits per heavy atom. The van der Waals surface area contributed by atoms with Gasteiger partial charge in [0.25, 0.3) is 0 Å². The van der Waals surface area contributed by atoms with Crippen molar-refractivity contribution in [1.29, 1.82) is 0 Å². The first-order chi connectivity index (χ1) is 8.49. The van der Waals surface area contributed by atoms with E-state index in [1.807, 2.05) is 0 Å². The first-order valence-corrected chi connectivity index (χ1v) is 5.63. The van der Waals surface area contributed by atoms with Crippen molar-refractivity contribution in [3.63, 3.8) is 0 Å². The molecule has 0 aliphatic carbocycles. The van der Waals surface area contributed by atoms with Crippen LogP contribution in [0.15, 0.2) is 36.4 Å². The predicted octanol–water partition coefficient (Wildman–Crippen LogP) is 4.16. The van der Waals surface area contributed by atoms with Gasteiger partial charge in [0, 0.05) is 11.1 Å². The molecule has 0 saturated heterocycles. The molecule has 18 heavy (non-hydrogen) atoms. The number of carbonyl (C=O) groups is 1. The number of aryl methyl sites for hydroxylation is 1. The molecule has 1 nitrogen and oxygen atoms in total. The van der Waals surface area contributed by atoms with Gasteiger partial charge in [-0.25, -0.2) is 8.78 Å². The number of rotatable bonds is 2. The zero-order valence-corrected chi connectivity index (χ0v) is 10.3. The average molecular weight is 267 g/mol. The third-order valence-corrected chi connectivity index (χ3v) is 2.93. The zero-order valence-electron chi connectivity index (χ0n) is 9.51. The van der Waals surface area contributed by atoms with Crippen LogP contribution in [-0.4, -0.2) is 5.78 Å². The Bertz CT molecular complexity index is 623. The van der Waals surface area contributed by atoms with Crippen molar-refractivity contribution < 1.29 is 13.6 Å². The van der Waals surface area contributed by atoms with Crippen LogP contribution in [0.5, 0.6) is 0 Å². The highest BCUT2D eigenvalue weighted by atomic mass is 35.5. The van der Waals surface area contributed by atoms with Crippen molar-refractivity contribution >= 4 is 17.4 Å². The SMILES string of the molecule is Cc1ccc(F)cc1C(=O)c1ccc(F)cc1Cl. The lowest BCUT2D eigenvalue weighted by molar-refractivity contribution is 0.103. The Morgan fingerprint density at radius 3 is 2.28 bits per heavy atom. The fourth-order valence-electron chi connectivity index (χ4n) is 1.66. The third kappa shape index (κ3) is 2.41. The molecule has 0 amide bonds. The smallest absolute Gasteiger partial charge is 0.194 e. The van der Waals surface area contributed by atoms with Crippen LogP contribution >= 0.6 is 11.6 Å². The van der Waals surface area contributed by atoms with E-state index in [1.165, 1.54) is 18.2 Å². The van der Waals surface area contributed by atoms with Gasteiger partial charge in [-0.15, -0.1) is 0 Å². The first-order valence-electron chi connectivity index (χ1n) is 5.25. The number of carbonyl (C=O) groups excluding carboxylic acids is 1. The molecule has 0 aliphatic heterocycles. The van der Waals surface area contributed by atoms with Gasteiger partial charge in [-0.2, -0.15) is 0 Å². The highest BCUT2D eigenvalue weighted by Crippen LogP contribution is 2.22. The Balaban J connectivity index is 2.51. The summed E-state index contributed by atoms with van der Waals surface area (Å²) in [6.07, 6.45) is 0. The molecule has 0 fully saturated rings. The van der Waals surface area contributed by atoms with Gasteiger partial charge in [-0.3, -0.25) is 4.79 Å². The lowest BCUT2D eigenvalue weighted by atomic mass is 9.99. The highest BCUT2D eigenvalue weighted by Gasteiger charge is 2.16. The highest BCUT2D eigenvalue weighted by molar-refractivity contribution is 6.35. The Hall–Kier alpha value is -1.74. The summed E-state index contributed by atoms with van der Waals surface area (Å²) in [6.45, 7) is 1.70. The first kappa shape index (κ1) is 12.7. The number of ketones is 1. The second-order valence-corrected chi connectivity index (χ2v) is 4.32. The number of hydrogen-bond acceptors (Lipinski definition) is 1. The minimum atomic E-state index is -0.521. The molecule has 0 aliphatic rings. The van der Waals surface area contributed by atoms with Crippen LogP contribution in [0.25, 0.3) is 0 Å². The van der Waals surface area contributed by atoms with Crippen molar-refractivity contribution in [3.8, 4) is 0 Å². The van der Waals surface area contributed by atoms with E-state index in [-0.39, 0.29) is 16.1 Å². The van der Waals surface area contributed by atoms with Gasteiger partial charge >= 0.3 is 0 Å². The summed E-state index contributed by atoms with van der Waals surface area (Å²) >= 11 is 5.81. The van der Waals surface area contributed by atoms with Crippen molar-refractivity contribution in [2.75, 3.05) is 0 Å². The van der Waals surface area contributed by atoms with Crippen LogP contribution in [0.4, 0.5) is 8.78 Å². The van der Waals surface area contributed by atoms with Gasteiger partial charge in [0.15, 0.2) is 5.78 Å². The largest absolute Gasteiger partial charge is 0.289 e. The van der Waals surface area contributed by atoms with Crippen LogP contribution in [0.2, 0.25) is 5.02 Å². The fraction of sp³-hybridized carbons (Fsp3) is 0.0714. The van der Waals surface area contributed by atoms with E-state index < -0.39 is 17.4 Å². The molecule has 2 aromatic rings. The maximum Gasteiger partial charge on any atom is 0.194 e. The summed E-state index contributed by atoms with van der Waals surface area (Å²) in [5.74, 6) is -1.44. The zero-order chi connectivity index (χ0) is 13.3. The Morgan fingerprint density at radius 2 is 1.61 bits per heavy atom. The maximum atomic E-state index is 13.1. The van der Waals surface area contributed by atoms with E-state index in [0.717, 1.165) is 18.2 Å². The predicted molar refractivity (Wildman–Crippen MR) is 66.0 cm³/mol. The second-order valence-electron chi connectivity index (χ2n) is 3.91. The van der Waals surface area contributed by atoms with Gasteiger partial charge in [0.2, 0.25) is 0 Å². The van der Waals surface area contributed by atoms with E-state index >= 15 is 0 Å². The third-order valence-electron chi connectivity index (χ3n) is 2.62. The quantitative estimate of drug-likeness (QED) is 0.746. The van der Waals surface area contributed by atoms with Crippen molar-refractivity contribution in [2.24, 2.45) is 0 Å². The van der Waals surface area contributed by atoms with Gasteiger partial charge in [-0.05, 0) is 42.8 Å². The molecule has 0 heterocycles. The van der Waals surface area contributed by atoms with Crippen LogP contribution in [0.3, 0.4) is 0 Å². The molecule has 2 aromatic carbocycles.